The fourth-order valence-electron chi connectivity index (χ4n) is 0.559. The average molecular weight is 141 g/mol. The normalized spacial score (nSPS) is 13.6. The van der Waals surface area contributed by atoms with Crippen molar-refractivity contribution in [3.8, 4) is 0 Å². The van der Waals surface area contributed by atoms with Crippen LogP contribution in [-0.2, 0) is 0 Å². The Morgan fingerprint density at radius 2 is 2.00 bits per heavy atom. The maximum absolute atomic E-state index is 12.8. The lowest BCUT2D eigenvalue weighted by Gasteiger charge is -1.95. The van der Waals surface area contributed by atoms with E-state index in [-0.39, 0.29) is 5.83 Å². The zero-order chi connectivity index (χ0) is 8.15. The Bertz CT molecular complexity index is 189. The first-order valence-electron chi connectivity index (χ1n) is 3.10. The van der Waals surface area contributed by atoms with Crippen LogP contribution in [0.2, 0.25) is 0 Å². The van der Waals surface area contributed by atoms with Gasteiger partial charge in [-0.2, -0.15) is 0 Å². The number of allylic oxidation sites excluding steroid dienone is 3. The van der Waals surface area contributed by atoms with Gasteiger partial charge in [0.25, 0.3) is 0 Å². The highest BCUT2D eigenvalue weighted by molar-refractivity contribution is 5.55. The molecule has 0 saturated heterocycles. The number of nitrogens with zero attached hydrogens (tertiary/aromatic N) is 1. The first-order chi connectivity index (χ1) is 4.59. The molecule has 0 fully saturated rings. The van der Waals surface area contributed by atoms with Gasteiger partial charge in [-0.15, -0.1) is 0 Å². The molecule has 0 bridgehead atoms. The summed E-state index contributed by atoms with van der Waals surface area (Å²) < 4.78 is 12.8. The van der Waals surface area contributed by atoms with Crippen LogP contribution in [0.3, 0.4) is 0 Å². The molecule has 0 saturated carbocycles. The fraction of sp³-hybridized carbons (Fsp3) is 0.375. The summed E-state index contributed by atoms with van der Waals surface area (Å²) in [5.41, 5.74) is 0.804. The number of hydrogen-bond donors (Lipinski definition) is 0. The van der Waals surface area contributed by atoms with Crippen molar-refractivity contribution in [3.05, 3.63) is 23.7 Å². The van der Waals surface area contributed by atoms with Crippen LogP contribution in [-0.4, -0.2) is 6.21 Å². The third-order valence-electron chi connectivity index (χ3n) is 1.02. The molecule has 0 heterocycles. The van der Waals surface area contributed by atoms with E-state index >= 15 is 0 Å². The first kappa shape index (κ1) is 9.08. The van der Waals surface area contributed by atoms with Crippen LogP contribution in [0.25, 0.3) is 0 Å². The Labute approximate surface area is 61.0 Å². The summed E-state index contributed by atoms with van der Waals surface area (Å²) in [4.78, 5) is 3.76. The summed E-state index contributed by atoms with van der Waals surface area (Å²) in [7, 11) is 0. The van der Waals surface area contributed by atoms with E-state index in [1.165, 1.54) is 0 Å². The van der Waals surface area contributed by atoms with E-state index in [9.17, 15) is 4.39 Å². The molecule has 0 aliphatic carbocycles. The summed E-state index contributed by atoms with van der Waals surface area (Å²) in [5, 5.41) is 0. The van der Waals surface area contributed by atoms with Crippen molar-refractivity contribution in [2.45, 2.75) is 20.8 Å². The molecule has 0 atom stereocenters. The largest absolute Gasteiger partial charge is 0.263 e. The Kier molecular flexibility index (Phi) is 3.62. The van der Waals surface area contributed by atoms with Crippen LogP contribution >= 0.6 is 0 Å². The lowest BCUT2D eigenvalue weighted by Crippen LogP contribution is -1.80. The highest BCUT2D eigenvalue weighted by Crippen LogP contribution is 2.13. The van der Waals surface area contributed by atoms with Gasteiger partial charge in [0.1, 0.15) is 5.83 Å². The highest BCUT2D eigenvalue weighted by atomic mass is 19.1. The van der Waals surface area contributed by atoms with Crippen molar-refractivity contribution in [2.24, 2.45) is 4.99 Å². The molecule has 0 spiro atoms. The van der Waals surface area contributed by atoms with E-state index in [1.807, 2.05) is 0 Å². The SMILES string of the molecule is C=C(C)/C(F)=C(C)\N=C/C. The van der Waals surface area contributed by atoms with Crippen molar-refractivity contribution in [2.75, 3.05) is 0 Å². The highest BCUT2D eigenvalue weighted by Gasteiger charge is 1.98. The zero-order valence-corrected chi connectivity index (χ0v) is 6.61. The van der Waals surface area contributed by atoms with Gasteiger partial charge in [-0.1, -0.05) is 6.58 Å². The van der Waals surface area contributed by atoms with Crippen molar-refractivity contribution in [1.82, 2.24) is 0 Å². The lowest BCUT2D eigenvalue weighted by molar-refractivity contribution is 0.638. The zero-order valence-electron chi connectivity index (χ0n) is 6.61. The van der Waals surface area contributed by atoms with Gasteiger partial charge in [-0.25, -0.2) is 4.39 Å². The van der Waals surface area contributed by atoms with Gasteiger partial charge in [0.15, 0.2) is 0 Å². The second kappa shape index (κ2) is 3.99. The quantitative estimate of drug-likeness (QED) is 0.414. The molecular formula is C8H12FN. The van der Waals surface area contributed by atoms with Crippen LogP contribution in [0.4, 0.5) is 4.39 Å². The molecule has 0 unspecified atom stereocenters. The molecule has 0 aliphatic heterocycles. The number of aliphatic imine (C=N–C) groups is 1. The van der Waals surface area contributed by atoms with Crippen LogP contribution in [0.15, 0.2) is 28.7 Å². The van der Waals surface area contributed by atoms with Gasteiger partial charge in [0, 0.05) is 6.21 Å². The molecule has 0 aromatic carbocycles. The summed E-state index contributed by atoms with van der Waals surface area (Å²) in [5.74, 6) is -0.321. The summed E-state index contributed by atoms with van der Waals surface area (Å²) >= 11 is 0. The van der Waals surface area contributed by atoms with E-state index in [1.54, 1.807) is 27.0 Å². The third kappa shape index (κ3) is 2.58. The molecule has 0 aliphatic rings. The molecule has 0 aromatic rings. The Morgan fingerprint density at radius 1 is 1.50 bits per heavy atom. The van der Waals surface area contributed by atoms with Crippen molar-refractivity contribution in [3.63, 3.8) is 0 Å². The lowest BCUT2D eigenvalue weighted by atomic mass is 10.2. The van der Waals surface area contributed by atoms with Gasteiger partial charge in [0.2, 0.25) is 0 Å². The minimum atomic E-state index is -0.321. The minimum Gasteiger partial charge on any atom is -0.263 e. The molecule has 10 heavy (non-hydrogen) atoms. The van der Waals surface area contributed by atoms with Gasteiger partial charge in [-0.3, -0.25) is 4.99 Å². The van der Waals surface area contributed by atoms with Gasteiger partial charge >= 0.3 is 0 Å². The second-order valence-electron chi connectivity index (χ2n) is 2.07. The monoisotopic (exact) mass is 141 g/mol. The van der Waals surface area contributed by atoms with Gasteiger partial charge in [0.05, 0.1) is 5.70 Å². The van der Waals surface area contributed by atoms with Crippen LogP contribution in [0.5, 0.6) is 0 Å². The molecule has 0 radical (unpaired) electrons. The predicted molar refractivity (Wildman–Crippen MR) is 42.8 cm³/mol. The smallest absolute Gasteiger partial charge is 0.146 e. The van der Waals surface area contributed by atoms with Gasteiger partial charge < -0.3 is 0 Å². The van der Waals surface area contributed by atoms with E-state index < -0.39 is 0 Å². The Balaban J connectivity index is 4.50. The van der Waals surface area contributed by atoms with Crippen molar-refractivity contribution in [1.29, 1.82) is 0 Å². The van der Waals surface area contributed by atoms with Crippen molar-refractivity contribution < 1.29 is 4.39 Å². The standard InChI is InChI=1S/C8H12FN/c1-5-10-7(4)8(9)6(2)3/h5H,2H2,1,3-4H3/b8-7+,10-5-. The van der Waals surface area contributed by atoms with Gasteiger partial charge in [-0.05, 0) is 26.3 Å². The Hall–Kier alpha value is -0.920. The average Bonchev–Trinajstić information content (AvgIpc) is 1.87. The molecule has 1 nitrogen and oxygen atoms in total. The van der Waals surface area contributed by atoms with E-state index in [0.29, 0.717) is 11.3 Å². The molecule has 56 valence electrons. The minimum absolute atomic E-state index is 0.321. The number of hydrogen-bond acceptors (Lipinski definition) is 1. The molecular weight excluding hydrogens is 129 g/mol. The Morgan fingerprint density at radius 3 is 2.30 bits per heavy atom. The maximum atomic E-state index is 12.8. The van der Waals surface area contributed by atoms with Crippen LogP contribution < -0.4 is 0 Å². The number of halogens is 1. The summed E-state index contributed by atoms with van der Waals surface area (Å²) in [6, 6.07) is 0. The first-order valence-corrected chi connectivity index (χ1v) is 3.10. The predicted octanol–water partition coefficient (Wildman–Crippen LogP) is 2.85. The molecule has 0 amide bonds. The topological polar surface area (TPSA) is 12.4 Å². The molecule has 0 rings (SSSR count). The molecule has 0 N–H and O–H groups in total. The van der Waals surface area contributed by atoms with E-state index in [4.69, 9.17) is 0 Å². The van der Waals surface area contributed by atoms with Crippen LogP contribution in [0.1, 0.15) is 20.8 Å². The van der Waals surface area contributed by atoms with Crippen LogP contribution in [0, 0.1) is 0 Å². The summed E-state index contributed by atoms with van der Waals surface area (Å²) in [6.07, 6.45) is 1.55. The van der Waals surface area contributed by atoms with E-state index in [0.717, 1.165) is 0 Å². The third-order valence-corrected chi connectivity index (χ3v) is 1.02. The molecule has 0 aromatic heterocycles. The summed E-state index contributed by atoms with van der Waals surface area (Å²) in [6.45, 7) is 8.43. The number of rotatable bonds is 2. The van der Waals surface area contributed by atoms with Crippen molar-refractivity contribution >= 4 is 6.21 Å². The maximum Gasteiger partial charge on any atom is 0.146 e. The van der Waals surface area contributed by atoms with E-state index in [2.05, 4.69) is 11.6 Å². The fourth-order valence-corrected chi connectivity index (χ4v) is 0.559. The second-order valence-corrected chi connectivity index (χ2v) is 2.07. The molecule has 2 heteroatoms.